The number of carbonyl (C=O) groups is 1. The summed E-state index contributed by atoms with van der Waals surface area (Å²) < 4.78 is 0. The Bertz CT molecular complexity index is 1030. The summed E-state index contributed by atoms with van der Waals surface area (Å²) in [5.74, 6) is 0.458. The van der Waals surface area contributed by atoms with Crippen LogP contribution in [0.4, 0.5) is 5.69 Å². The second-order valence-electron chi connectivity index (χ2n) is 8.20. The van der Waals surface area contributed by atoms with Crippen LogP contribution in [0.1, 0.15) is 48.2 Å². The molecule has 28 heavy (non-hydrogen) atoms. The lowest BCUT2D eigenvalue weighted by Gasteiger charge is -2.29. The number of rotatable bonds is 4. The minimum Gasteiger partial charge on any atom is -0.372 e. The summed E-state index contributed by atoms with van der Waals surface area (Å²) in [5, 5.41) is 1.10. The molecule has 1 aromatic heterocycles. The molecule has 5 rings (SSSR count). The number of carbonyl (C=O) groups excluding carboxylic acids is 1. The van der Waals surface area contributed by atoms with Gasteiger partial charge in [0.2, 0.25) is 0 Å². The maximum absolute atomic E-state index is 13.2. The third kappa shape index (κ3) is 3.09. The molecule has 2 aromatic carbocycles. The topological polar surface area (TPSA) is 33.2 Å². The molecule has 1 saturated heterocycles. The molecule has 1 saturated carbocycles. The van der Waals surface area contributed by atoms with Gasteiger partial charge in [0.1, 0.15) is 0 Å². The monoisotopic (exact) mass is 370 g/mol. The minimum absolute atomic E-state index is 0.186. The summed E-state index contributed by atoms with van der Waals surface area (Å²) in [5.41, 5.74) is 6.09. The van der Waals surface area contributed by atoms with Gasteiger partial charge in [-0.15, -0.1) is 0 Å². The van der Waals surface area contributed by atoms with Crippen LogP contribution in [0.5, 0.6) is 0 Å². The molecule has 0 spiro atoms. The Kier molecular flexibility index (Phi) is 4.38. The SMILES string of the molecule is Cc1nc2ccc(N3CCCCC3)cc2c(-c2ccccc2)c1C(=O)C1CC1. The molecular formula is C25H26N2O. The Morgan fingerprint density at radius 3 is 2.46 bits per heavy atom. The second-order valence-corrected chi connectivity index (χ2v) is 8.20. The molecule has 2 fully saturated rings. The maximum atomic E-state index is 13.2. The van der Waals surface area contributed by atoms with Gasteiger partial charge in [0.05, 0.1) is 5.52 Å². The van der Waals surface area contributed by atoms with Crippen LogP contribution in [0, 0.1) is 12.8 Å². The summed E-state index contributed by atoms with van der Waals surface area (Å²) in [7, 11) is 0. The standard InChI is InChI=1S/C25H26N2O/c1-17-23(25(28)19-10-11-19)24(18-8-4-2-5-9-18)21-16-20(12-13-22(21)26-17)27-14-6-3-7-15-27/h2,4-5,8-9,12-13,16,19H,3,6-7,10-11,14-15H2,1H3. The predicted octanol–water partition coefficient (Wildman–Crippen LogP) is 5.79. The van der Waals surface area contributed by atoms with Crippen LogP contribution in [-0.4, -0.2) is 23.9 Å². The van der Waals surface area contributed by atoms with E-state index < -0.39 is 0 Å². The van der Waals surface area contributed by atoms with E-state index in [1.165, 1.54) is 24.9 Å². The Morgan fingerprint density at radius 2 is 1.75 bits per heavy atom. The molecule has 0 radical (unpaired) electrons. The third-order valence-electron chi connectivity index (χ3n) is 6.13. The fraction of sp³-hybridized carbons (Fsp3) is 0.360. The van der Waals surface area contributed by atoms with Crippen LogP contribution < -0.4 is 4.90 Å². The second kappa shape index (κ2) is 7.05. The molecule has 1 aliphatic heterocycles. The van der Waals surface area contributed by atoms with Crippen LogP contribution in [0.25, 0.3) is 22.0 Å². The van der Waals surface area contributed by atoms with Gasteiger partial charge in [-0.05, 0) is 62.8 Å². The van der Waals surface area contributed by atoms with Crippen molar-refractivity contribution in [3.8, 4) is 11.1 Å². The number of benzene rings is 2. The fourth-order valence-electron chi connectivity index (χ4n) is 4.48. The van der Waals surface area contributed by atoms with Gasteiger partial charge in [-0.2, -0.15) is 0 Å². The van der Waals surface area contributed by atoms with Gasteiger partial charge in [-0.1, -0.05) is 30.3 Å². The molecule has 0 atom stereocenters. The van der Waals surface area contributed by atoms with Crippen molar-refractivity contribution in [3.63, 3.8) is 0 Å². The van der Waals surface area contributed by atoms with Crippen molar-refractivity contribution in [1.29, 1.82) is 0 Å². The number of pyridine rings is 1. The average Bonchev–Trinajstić information content (AvgIpc) is 3.59. The van der Waals surface area contributed by atoms with E-state index in [0.29, 0.717) is 0 Å². The number of fused-ring (bicyclic) bond motifs is 1. The van der Waals surface area contributed by atoms with Crippen LogP contribution in [0.15, 0.2) is 48.5 Å². The molecule has 3 aromatic rings. The zero-order chi connectivity index (χ0) is 19.1. The van der Waals surface area contributed by atoms with Crippen LogP contribution >= 0.6 is 0 Å². The van der Waals surface area contributed by atoms with Gasteiger partial charge in [-0.25, -0.2) is 0 Å². The van der Waals surface area contributed by atoms with Gasteiger partial charge in [0.25, 0.3) is 0 Å². The Morgan fingerprint density at radius 1 is 1.00 bits per heavy atom. The molecule has 3 nitrogen and oxygen atoms in total. The zero-order valence-corrected chi connectivity index (χ0v) is 16.4. The van der Waals surface area contributed by atoms with E-state index >= 15 is 0 Å². The lowest BCUT2D eigenvalue weighted by Crippen LogP contribution is -2.29. The number of ketones is 1. The molecule has 3 heteroatoms. The van der Waals surface area contributed by atoms with Gasteiger partial charge in [0.15, 0.2) is 5.78 Å². The van der Waals surface area contributed by atoms with Gasteiger partial charge < -0.3 is 4.90 Å². The third-order valence-corrected chi connectivity index (χ3v) is 6.13. The lowest BCUT2D eigenvalue weighted by molar-refractivity contribution is 0.0967. The molecule has 1 aliphatic carbocycles. The number of aryl methyl sites for hydroxylation is 1. The molecule has 0 unspecified atom stereocenters. The Labute approximate surface area is 166 Å². The highest BCUT2D eigenvalue weighted by Gasteiger charge is 2.34. The molecule has 2 heterocycles. The Hall–Kier alpha value is -2.68. The van der Waals surface area contributed by atoms with E-state index in [2.05, 4.69) is 47.4 Å². The van der Waals surface area contributed by atoms with Gasteiger partial charge in [-0.3, -0.25) is 9.78 Å². The van der Waals surface area contributed by atoms with E-state index in [-0.39, 0.29) is 11.7 Å². The van der Waals surface area contributed by atoms with Crippen molar-refractivity contribution >= 4 is 22.4 Å². The van der Waals surface area contributed by atoms with E-state index in [4.69, 9.17) is 4.98 Å². The molecule has 2 aliphatic rings. The van der Waals surface area contributed by atoms with Crippen LogP contribution in [-0.2, 0) is 0 Å². The molecule has 142 valence electrons. The van der Waals surface area contributed by atoms with Crippen molar-refractivity contribution in [2.45, 2.75) is 39.0 Å². The van der Waals surface area contributed by atoms with Crippen molar-refractivity contribution in [1.82, 2.24) is 4.98 Å². The van der Waals surface area contributed by atoms with E-state index in [0.717, 1.165) is 59.2 Å². The lowest BCUT2D eigenvalue weighted by atomic mass is 9.90. The molecular weight excluding hydrogens is 344 g/mol. The fourth-order valence-corrected chi connectivity index (χ4v) is 4.48. The van der Waals surface area contributed by atoms with Crippen molar-refractivity contribution in [3.05, 3.63) is 59.8 Å². The van der Waals surface area contributed by atoms with E-state index in [1.807, 2.05) is 13.0 Å². The van der Waals surface area contributed by atoms with Crippen LogP contribution in [0.2, 0.25) is 0 Å². The van der Waals surface area contributed by atoms with Gasteiger partial charge >= 0.3 is 0 Å². The van der Waals surface area contributed by atoms with Crippen LogP contribution in [0.3, 0.4) is 0 Å². The molecule has 0 bridgehead atoms. The molecule has 0 amide bonds. The summed E-state index contributed by atoms with van der Waals surface area (Å²) in [6.07, 6.45) is 5.85. The summed E-state index contributed by atoms with van der Waals surface area (Å²) in [4.78, 5) is 20.5. The van der Waals surface area contributed by atoms with Crippen molar-refractivity contribution in [2.75, 3.05) is 18.0 Å². The first-order chi connectivity index (χ1) is 13.7. The number of anilines is 1. The number of nitrogens with zero attached hydrogens (tertiary/aromatic N) is 2. The summed E-state index contributed by atoms with van der Waals surface area (Å²) in [6.45, 7) is 4.21. The highest BCUT2D eigenvalue weighted by atomic mass is 16.1. The quantitative estimate of drug-likeness (QED) is 0.545. The normalized spacial score (nSPS) is 17.1. The average molecular weight is 370 g/mol. The zero-order valence-electron chi connectivity index (χ0n) is 16.4. The highest BCUT2D eigenvalue weighted by molar-refractivity contribution is 6.12. The largest absolute Gasteiger partial charge is 0.372 e. The summed E-state index contributed by atoms with van der Waals surface area (Å²) >= 11 is 0. The number of hydrogen-bond acceptors (Lipinski definition) is 3. The smallest absolute Gasteiger partial charge is 0.168 e. The van der Waals surface area contributed by atoms with E-state index in [9.17, 15) is 4.79 Å². The first kappa shape index (κ1) is 17.4. The number of hydrogen-bond donors (Lipinski definition) is 0. The summed E-state index contributed by atoms with van der Waals surface area (Å²) in [6, 6.07) is 17.0. The first-order valence-electron chi connectivity index (χ1n) is 10.5. The number of Topliss-reactive ketones (excluding diaryl/α,β-unsaturated/α-hetero) is 1. The molecule has 0 N–H and O–H groups in total. The van der Waals surface area contributed by atoms with Crippen molar-refractivity contribution < 1.29 is 4.79 Å². The Balaban J connectivity index is 1.75. The van der Waals surface area contributed by atoms with E-state index in [1.54, 1.807) is 0 Å². The minimum atomic E-state index is 0.186. The number of aromatic nitrogens is 1. The maximum Gasteiger partial charge on any atom is 0.168 e. The van der Waals surface area contributed by atoms with Gasteiger partial charge in [0, 0.05) is 46.9 Å². The predicted molar refractivity (Wildman–Crippen MR) is 115 cm³/mol. The van der Waals surface area contributed by atoms with Crippen molar-refractivity contribution in [2.24, 2.45) is 5.92 Å². The first-order valence-corrected chi connectivity index (χ1v) is 10.5. The highest BCUT2D eigenvalue weighted by Crippen LogP contribution is 2.40. The number of piperidine rings is 1.